The molecule has 19 heavy (non-hydrogen) atoms. The van der Waals surface area contributed by atoms with Gasteiger partial charge >= 0.3 is 0 Å². The number of nitrogens with zero attached hydrogens (tertiary/aromatic N) is 2. The van der Waals surface area contributed by atoms with E-state index in [9.17, 15) is 9.90 Å². The van der Waals surface area contributed by atoms with Gasteiger partial charge in [0, 0.05) is 44.2 Å². The lowest BCUT2D eigenvalue weighted by Crippen LogP contribution is -2.49. The first-order valence-corrected chi connectivity index (χ1v) is 7.79. The molecule has 1 heterocycles. The number of hydrogen-bond donors (Lipinski definition) is 1. The Labute approximate surface area is 131 Å². The van der Waals surface area contributed by atoms with E-state index in [2.05, 4.69) is 4.90 Å². The normalized spacial score (nSPS) is 16.6. The number of aromatic hydroxyl groups is 1. The van der Waals surface area contributed by atoms with E-state index in [1.165, 1.54) is 6.07 Å². The minimum atomic E-state index is -0.0165. The lowest BCUT2D eigenvalue weighted by Gasteiger charge is -2.34. The number of phenols is 1. The molecule has 0 spiro atoms. The van der Waals surface area contributed by atoms with Crippen LogP contribution in [0.2, 0.25) is 0 Å². The van der Waals surface area contributed by atoms with Crippen molar-refractivity contribution in [3.05, 3.63) is 27.3 Å². The Morgan fingerprint density at radius 1 is 1.32 bits per heavy atom. The molecule has 0 aromatic heterocycles. The van der Waals surface area contributed by atoms with Crippen LogP contribution in [0.1, 0.15) is 10.4 Å². The highest BCUT2D eigenvalue weighted by atomic mass is 127. The fraction of sp³-hybridized carbons (Fsp3) is 0.462. The van der Waals surface area contributed by atoms with Gasteiger partial charge in [-0.05, 0) is 40.8 Å². The standard InChI is InChI=1S/C13H16ClIN2O2/c14-3-4-16-5-7-17(8-6-16)13(19)10-1-2-11(15)12(18)9-10/h1-2,9,18H,3-8H2. The third kappa shape index (κ3) is 3.73. The van der Waals surface area contributed by atoms with Crippen LogP contribution in [0.4, 0.5) is 0 Å². The van der Waals surface area contributed by atoms with Crippen LogP contribution in [-0.2, 0) is 0 Å². The summed E-state index contributed by atoms with van der Waals surface area (Å²) in [6.45, 7) is 4.00. The molecule has 104 valence electrons. The number of carbonyl (C=O) groups excluding carboxylic acids is 1. The van der Waals surface area contributed by atoms with Crippen molar-refractivity contribution in [3.63, 3.8) is 0 Å². The monoisotopic (exact) mass is 394 g/mol. The van der Waals surface area contributed by atoms with Crippen LogP contribution >= 0.6 is 34.2 Å². The summed E-state index contributed by atoms with van der Waals surface area (Å²) in [4.78, 5) is 16.4. The summed E-state index contributed by atoms with van der Waals surface area (Å²) >= 11 is 7.75. The van der Waals surface area contributed by atoms with Crippen LogP contribution in [0, 0.1) is 3.57 Å². The molecule has 1 aromatic rings. The summed E-state index contributed by atoms with van der Waals surface area (Å²) in [7, 11) is 0. The van der Waals surface area contributed by atoms with E-state index < -0.39 is 0 Å². The second-order valence-corrected chi connectivity index (χ2v) is 6.03. The topological polar surface area (TPSA) is 43.8 Å². The van der Waals surface area contributed by atoms with Crippen LogP contribution in [-0.4, -0.2) is 59.4 Å². The van der Waals surface area contributed by atoms with Gasteiger partial charge in [0.1, 0.15) is 5.75 Å². The van der Waals surface area contributed by atoms with Gasteiger partial charge in [0.25, 0.3) is 5.91 Å². The van der Waals surface area contributed by atoms with Gasteiger partial charge in [0.15, 0.2) is 0 Å². The molecule has 1 N–H and O–H groups in total. The summed E-state index contributed by atoms with van der Waals surface area (Å²) in [6, 6.07) is 5.05. The largest absolute Gasteiger partial charge is 0.507 e. The zero-order valence-electron chi connectivity index (χ0n) is 10.5. The van der Waals surface area contributed by atoms with Gasteiger partial charge in [0.05, 0.1) is 3.57 Å². The summed E-state index contributed by atoms with van der Waals surface area (Å²) in [6.07, 6.45) is 0. The Kier molecular flexibility index (Phi) is 5.29. The van der Waals surface area contributed by atoms with Crippen LogP contribution < -0.4 is 0 Å². The highest BCUT2D eigenvalue weighted by Gasteiger charge is 2.22. The Bertz CT molecular complexity index is 462. The Morgan fingerprint density at radius 2 is 2.00 bits per heavy atom. The molecule has 1 aliphatic rings. The molecule has 1 amide bonds. The van der Waals surface area contributed by atoms with E-state index in [4.69, 9.17) is 11.6 Å². The molecule has 0 aliphatic carbocycles. The van der Waals surface area contributed by atoms with Gasteiger partial charge in [-0.2, -0.15) is 0 Å². The Morgan fingerprint density at radius 3 is 2.58 bits per heavy atom. The molecule has 1 saturated heterocycles. The minimum absolute atomic E-state index is 0.0165. The van der Waals surface area contributed by atoms with E-state index in [0.717, 1.165) is 23.2 Å². The fourth-order valence-electron chi connectivity index (χ4n) is 2.12. The summed E-state index contributed by atoms with van der Waals surface area (Å²) in [5.41, 5.74) is 0.545. The summed E-state index contributed by atoms with van der Waals surface area (Å²) in [5, 5.41) is 9.66. The molecule has 0 bridgehead atoms. The number of piperazine rings is 1. The van der Waals surface area contributed by atoms with Crippen LogP contribution in [0.5, 0.6) is 5.75 Å². The van der Waals surface area contributed by atoms with Crippen molar-refractivity contribution in [2.75, 3.05) is 38.6 Å². The average molecular weight is 395 g/mol. The van der Waals surface area contributed by atoms with E-state index in [1.807, 2.05) is 27.5 Å². The third-order valence-corrected chi connectivity index (χ3v) is 4.33. The number of halogens is 2. The van der Waals surface area contributed by atoms with Crippen LogP contribution in [0.15, 0.2) is 18.2 Å². The van der Waals surface area contributed by atoms with Gasteiger partial charge < -0.3 is 10.0 Å². The molecule has 1 aromatic carbocycles. The predicted octanol–water partition coefficient (Wildman–Crippen LogP) is 1.99. The number of alkyl halides is 1. The number of carbonyl (C=O) groups is 1. The molecule has 2 rings (SSSR count). The van der Waals surface area contributed by atoms with Gasteiger partial charge in [-0.25, -0.2) is 0 Å². The van der Waals surface area contributed by atoms with Crippen LogP contribution in [0.25, 0.3) is 0 Å². The first-order chi connectivity index (χ1) is 9.11. The predicted molar refractivity (Wildman–Crippen MR) is 83.9 cm³/mol. The number of phenolic OH excluding ortho intramolecular Hbond substituents is 1. The second kappa shape index (κ2) is 6.76. The molecule has 1 fully saturated rings. The van der Waals surface area contributed by atoms with Crippen molar-refractivity contribution >= 4 is 40.1 Å². The highest BCUT2D eigenvalue weighted by Crippen LogP contribution is 2.21. The number of amides is 1. The first-order valence-electron chi connectivity index (χ1n) is 6.18. The van der Waals surface area contributed by atoms with Gasteiger partial charge in [-0.3, -0.25) is 9.69 Å². The maximum Gasteiger partial charge on any atom is 0.254 e. The van der Waals surface area contributed by atoms with Gasteiger partial charge in [0.2, 0.25) is 0 Å². The Hall–Kier alpha value is -0.530. The van der Waals surface area contributed by atoms with Crippen LogP contribution in [0.3, 0.4) is 0 Å². The third-order valence-electron chi connectivity index (χ3n) is 3.25. The van der Waals surface area contributed by atoms with E-state index >= 15 is 0 Å². The first kappa shape index (κ1) is 14.9. The van der Waals surface area contributed by atoms with E-state index in [-0.39, 0.29) is 11.7 Å². The van der Waals surface area contributed by atoms with Gasteiger partial charge in [-0.1, -0.05) is 0 Å². The second-order valence-electron chi connectivity index (χ2n) is 4.49. The van der Waals surface area contributed by atoms with Crippen molar-refractivity contribution < 1.29 is 9.90 Å². The summed E-state index contributed by atoms with van der Waals surface area (Å²) < 4.78 is 0.751. The van der Waals surface area contributed by atoms with Crippen molar-refractivity contribution in [2.45, 2.75) is 0 Å². The molecule has 0 radical (unpaired) electrons. The molecular formula is C13H16ClIN2O2. The van der Waals surface area contributed by atoms with E-state index in [1.54, 1.807) is 12.1 Å². The molecule has 4 nitrogen and oxygen atoms in total. The smallest absolute Gasteiger partial charge is 0.254 e. The maximum absolute atomic E-state index is 12.3. The fourth-order valence-corrected chi connectivity index (χ4v) is 2.70. The van der Waals surface area contributed by atoms with Crippen molar-refractivity contribution in [3.8, 4) is 5.75 Å². The van der Waals surface area contributed by atoms with Crippen molar-refractivity contribution in [1.82, 2.24) is 9.80 Å². The molecule has 0 saturated carbocycles. The molecule has 0 atom stereocenters. The molecular weight excluding hydrogens is 379 g/mol. The zero-order chi connectivity index (χ0) is 13.8. The average Bonchev–Trinajstić information content (AvgIpc) is 2.42. The summed E-state index contributed by atoms with van der Waals surface area (Å²) in [5.74, 6) is 0.767. The minimum Gasteiger partial charge on any atom is -0.507 e. The number of hydrogen-bond acceptors (Lipinski definition) is 3. The molecule has 1 aliphatic heterocycles. The Balaban J connectivity index is 1.99. The van der Waals surface area contributed by atoms with Gasteiger partial charge in [-0.15, -0.1) is 11.6 Å². The maximum atomic E-state index is 12.3. The van der Waals surface area contributed by atoms with Crippen molar-refractivity contribution in [1.29, 1.82) is 0 Å². The molecule has 0 unspecified atom stereocenters. The quantitative estimate of drug-likeness (QED) is 0.630. The van der Waals surface area contributed by atoms with E-state index in [0.29, 0.717) is 24.5 Å². The lowest BCUT2D eigenvalue weighted by molar-refractivity contribution is 0.0644. The van der Waals surface area contributed by atoms with Crippen molar-refractivity contribution in [2.24, 2.45) is 0 Å². The SMILES string of the molecule is O=C(c1ccc(I)c(O)c1)N1CCN(CCCl)CC1. The number of benzene rings is 1. The number of rotatable bonds is 3. The zero-order valence-corrected chi connectivity index (χ0v) is 13.4. The molecule has 6 heteroatoms. The highest BCUT2D eigenvalue weighted by molar-refractivity contribution is 14.1. The lowest BCUT2D eigenvalue weighted by atomic mass is 10.1.